The Kier molecular flexibility index (Phi) is 2.73. The van der Waals surface area contributed by atoms with Crippen molar-refractivity contribution >= 4 is 17.2 Å². The lowest BCUT2D eigenvalue weighted by Gasteiger charge is -2.09. The molecular weight excluding hydrogens is 210 g/mol. The van der Waals surface area contributed by atoms with Gasteiger partial charge in [0, 0.05) is 17.3 Å². The van der Waals surface area contributed by atoms with Gasteiger partial charge >= 0.3 is 0 Å². The van der Waals surface area contributed by atoms with Gasteiger partial charge in [-0.1, -0.05) is 6.07 Å². The van der Waals surface area contributed by atoms with E-state index in [0.29, 0.717) is 5.69 Å². The monoisotopic (exact) mass is 219 g/mol. The van der Waals surface area contributed by atoms with Gasteiger partial charge in [-0.2, -0.15) is 0 Å². The number of aromatic nitrogens is 2. The van der Waals surface area contributed by atoms with E-state index in [1.807, 2.05) is 6.07 Å². The van der Waals surface area contributed by atoms with E-state index in [1.165, 1.54) is 11.3 Å². The molecule has 1 amide bonds. The van der Waals surface area contributed by atoms with Crippen LogP contribution in [0.15, 0.2) is 36.1 Å². The maximum absolute atomic E-state index is 11.4. The second kappa shape index (κ2) is 4.18. The Morgan fingerprint density at radius 1 is 1.47 bits per heavy atom. The number of nitrogens with zero attached hydrogens (tertiary/aromatic N) is 2. The molecule has 5 heteroatoms. The lowest BCUT2D eigenvalue weighted by atomic mass is 10.0. The van der Waals surface area contributed by atoms with Gasteiger partial charge in [0.15, 0.2) is 0 Å². The van der Waals surface area contributed by atoms with Crippen molar-refractivity contribution in [1.29, 1.82) is 0 Å². The smallest absolute Gasteiger partial charge is 0.231 e. The number of hydrogen-bond acceptors (Lipinski definition) is 4. The zero-order valence-electron chi connectivity index (χ0n) is 7.83. The highest BCUT2D eigenvalue weighted by Gasteiger charge is 2.22. The third-order valence-electron chi connectivity index (χ3n) is 2.00. The van der Waals surface area contributed by atoms with Gasteiger partial charge in [0.1, 0.15) is 5.92 Å². The van der Waals surface area contributed by atoms with Crippen molar-refractivity contribution in [3.05, 3.63) is 46.7 Å². The summed E-state index contributed by atoms with van der Waals surface area (Å²) in [5.74, 6) is -0.892. The first kappa shape index (κ1) is 9.79. The maximum Gasteiger partial charge on any atom is 0.231 e. The molecular formula is C10H9N3OS. The van der Waals surface area contributed by atoms with Crippen LogP contribution in [0.3, 0.4) is 0 Å². The summed E-state index contributed by atoms with van der Waals surface area (Å²) in [7, 11) is 0. The quantitative estimate of drug-likeness (QED) is 0.842. The number of thiazole rings is 1. The third-order valence-corrected chi connectivity index (χ3v) is 2.84. The van der Waals surface area contributed by atoms with Gasteiger partial charge in [-0.3, -0.25) is 14.8 Å². The first-order valence-corrected chi connectivity index (χ1v) is 5.25. The van der Waals surface area contributed by atoms with Crippen LogP contribution in [0.2, 0.25) is 0 Å². The molecule has 1 unspecified atom stereocenters. The summed E-state index contributed by atoms with van der Waals surface area (Å²) >= 11 is 1.40. The molecule has 0 aliphatic heterocycles. The molecule has 2 aromatic rings. The van der Waals surface area contributed by atoms with E-state index in [2.05, 4.69) is 9.97 Å². The second-order valence-electron chi connectivity index (χ2n) is 2.99. The minimum Gasteiger partial charge on any atom is -0.369 e. The Morgan fingerprint density at radius 3 is 2.87 bits per heavy atom. The number of pyridine rings is 1. The lowest BCUT2D eigenvalue weighted by molar-refractivity contribution is -0.118. The van der Waals surface area contributed by atoms with E-state index in [4.69, 9.17) is 5.73 Å². The van der Waals surface area contributed by atoms with E-state index in [0.717, 1.165) is 4.88 Å². The molecule has 0 radical (unpaired) electrons. The SMILES string of the molecule is NC(=O)C(c1ccccn1)c1cncs1. The molecule has 0 aromatic carbocycles. The van der Waals surface area contributed by atoms with Crippen LogP contribution in [-0.2, 0) is 4.79 Å². The molecule has 0 bridgehead atoms. The highest BCUT2D eigenvalue weighted by atomic mass is 32.1. The normalized spacial score (nSPS) is 12.3. The van der Waals surface area contributed by atoms with E-state index in [1.54, 1.807) is 30.0 Å². The Morgan fingerprint density at radius 2 is 2.33 bits per heavy atom. The molecule has 4 nitrogen and oxygen atoms in total. The molecule has 15 heavy (non-hydrogen) atoms. The standard InChI is InChI=1S/C10H9N3OS/c11-10(14)9(8-5-12-6-15-8)7-3-1-2-4-13-7/h1-6,9H,(H2,11,14). The van der Waals surface area contributed by atoms with Crippen molar-refractivity contribution in [2.45, 2.75) is 5.92 Å². The van der Waals surface area contributed by atoms with Crippen molar-refractivity contribution in [3.63, 3.8) is 0 Å². The minimum absolute atomic E-state index is 0.405. The van der Waals surface area contributed by atoms with Crippen LogP contribution in [0.5, 0.6) is 0 Å². The van der Waals surface area contributed by atoms with Crippen molar-refractivity contribution in [2.24, 2.45) is 5.73 Å². The van der Waals surface area contributed by atoms with Crippen LogP contribution in [-0.4, -0.2) is 15.9 Å². The lowest BCUT2D eigenvalue weighted by Crippen LogP contribution is -2.22. The number of primary amides is 1. The average Bonchev–Trinajstić information content (AvgIpc) is 2.72. The van der Waals surface area contributed by atoms with Crippen molar-refractivity contribution in [3.8, 4) is 0 Å². The molecule has 1 atom stereocenters. The average molecular weight is 219 g/mol. The molecule has 2 aromatic heterocycles. The largest absolute Gasteiger partial charge is 0.369 e. The number of carbonyl (C=O) groups excluding carboxylic acids is 1. The van der Waals surface area contributed by atoms with Gasteiger partial charge in [-0.15, -0.1) is 11.3 Å². The molecule has 0 aliphatic rings. The van der Waals surface area contributed by atoms with Crippen LogP contribution >= 0.6 is 11.3 Å². The summed E-state index contributed by atoms with van der Waals surface area (Å²) < 4.78 is 0. The molecule has 2 heterocycles. The van der Waals surface area contributed by atoms with E-state index < -0.39 is 11.8 Å². The summed E-state index contributed by atoms with van der Waals surface area (Å²) in [6.45, 7) is 0. The van der Waals surface area contributed by atoms with Gasteiger partial charge in [0.25, 0.3) is 0 Å². The highest BCUT2D eigenvalue weighted by molar-refractivity contribution is 7.09. The van der Waals surface area contributed by atoms with Gasteiger partial charge in [0.2, 0.25) is 5.91 Å². The Bertz CT molecular complexity index is 441. The second-order valence-corrected chi connectivity index (χ2v) is 3.91. The molecule has 0 aliphatic carbocycles. The van der Waals surface area contributed by atoms with E-state index in [-0.39, 0.29) is 0 Å². The predicted octanol–water partition coefficient (Wildman–Crippen LogP) is 1.16. The summed E-state index contributed by atoms with van der Waals surface area (Å²) in [6, 6.07) is 5.42. The van der Waals surface area contributed by atoms with Crippen LogP contribution in [0.4, 0.5) is 0 Å². The summed E-state index contributed by atoms with van der Waals surface area (Å²) in [6.07, 6.45) is 3.29. The Hall–Kier alpha value is -1.75. The van der Waals surface area contributed by atoms with Gasteiger partial charge in [0.05, 0.1) is 11.2 Å². The number of hydrogen-bond donors (Lipinski definition) is 1. The number of amides is 1. The zero-order valence-corrected chi connectivity index (χ0v) is 8.65. The number of rotatable bonds is 3. The summed E-state index contributed by atoms with van der Waals surface area (Å²) in [5, 5.41) is 0. The van der Waals surface area contributed by atoms with Crippen molar-refractivity contribution in [1.82, 2.24) is 9.97 Å². The molecule has 0 saturated carbocycles. The first-order valence-electron chi connectivity index (χ1n) is 4.37. The number of nitrogens with two attached hydrogens (primary N) is 1. The molecule has 0 spiro atoms. The van der Waals surface area contributed by atoms with E-state index in [9.17, 15) is 4.79 Å². The summed E-state index contributed by atoms with van der Waals surface area (Å²) in [4.78, 5) is 20.2. The van der Waals surface area contributed by atoms with Gasteiger partial charge in [-0.05, 0) is 12.1 Å². The van der Waals surface area contributed by atoms with Crippen LogP contribution in [0, 0.1) is 0 Å². The van der Waals surface area contributed by atoms with Crippen LogP contribution < -0.4 is 5.73 Å². The third kappa shape index (κ3) is 2.02. The molecule has 2 N–H and O–H groups in total. The van der Waals surface area contributed by atoms with E-state index >= 15 is 0 Å². The highest BCUT2D eigenvalue weighted by Crippen LogP contribution is 2.25. The molecule has 0 fully saturated rings. The first-order chi connectivity index (χ1) is 7.29. The molecule has 76 valence electrons. The Labute approximate surface area is 90.8 Å². The topological polar surface area (TPSA) is 68.9 Å². The fourth-order valence-corrected chi connectivity index (χ4v) is 2.08. The fourth-order valence-electron chi connectivity index (χ4n) is 1.35. The number of carbonyl (C=O) groups is 1. The Balaban J connectivity index is 2.42. The molecule has 0 saturated heterocycles. The summed E-state index contributed by atoms with van der Waals surface area (Å²) in [5.41, 5.74) is 7.70. The van der Waals surface area contributed by atoms with Crippen molar-refractivity contribution in [2.75, 3.05) is 0 Å². The maximum atomic E-state index is 11.4. The fraction of sp³-hybridized carbons (Fsp3) is 0.100. The zero-order chi connectivity index (χ0) is 10.7. The van der Waals surface area contributed by atoms with Crippen LogP contribution in [0.1, 0.15) is 16.5 Å². The van der Waals surface area contributed by atoms with Gasteiger partial charge in [-0.25, -0.2) is 0 Å². The predicted molar refractivity (Wildman–Crippen MR) is 57.4 cm³/mol. The van der Waals surface area contributed by atoms with Crippen LogP contribution in [0.25, 0.3) is 0 Å². The van der Waals surface area contributed by atoms with Gasteiger partial charge < -0.3 is 5.73 Å². The minimum atomic E-state index is -0.487. The van der Waals surface area contributed by atoms with Crippen molar-refractivity contribution < 1.29 is 4.79 Å². The molecule has 2 rings (SSSR count).